The third-order valence-electron chi connectivity index (χ3n) is 3.07. The standard InChI is InChI=1S/C13H18O6S.Na/c1-10-3-5-11(6-4-10)12-17-7-13(2,8-18-12)9-19-20(14,15)16;/h3-6,12H,7-9H2,1-2H3,(H,14,15,16);/q;+1/p-1. The summed E-state index contributed by atoms with van der Waals surface area (Å²) in [6, 6.07) is 7.76. The molecule has 6 nitrogen and oxygen atoms in total. The van der Waals surface area contributed by atoms with Gasteiger partial charge in [0, 0.05) is 11.0 Å². The Bertz CT molecular complexity index is 549. The van der Waals surface area contributed by atoms with Crippen LogP contribution in [0.25, 0.3) is 0 Å². The Morgan fingerprint density at radius 3 is 2.29 bits per heavy atom. The number of ether oxygens (including phenoxy) is 2. The van der Waals surface area contributed by atoms with Crippen molar-refractivity contribution in [3.05, 3.63) is 35.4 Å². The monoisotopic (exact) mass is 324 g/mol. The third-order valence-corrected chi connectivity index (χ3v) is 3.47. The molecule has 0 spiro atoms. The van der Waals surface area contributed by atoms with Crippen LogP contribution < -0.4 is 29.6 Å². The molecule has 0 amide bonds. The largest absolute Gasteiger partial charge is 1.00 e. The van der Waals surface area contributed by atoms with Crippen molar-refractivity contribution < 1.29 is 56.2 Å². The van der Waals surface area contributed by atoms with Gasteiger partial charge < -0.3 is 14.0 Å². The van der Waals surface area contributed by atoms with Crippen LogP contribution in [-0.4, -0.2) is 32.8 Å². The van der Waals surface area contributed by atoms with Gasteiger partial charge in [0.2, 0.25) is 10.4 Å². The minimum atomic E-state index is -4.69. The summed E-state index contributed by atoms with van der Waals surface area (Å²) in [6.07, 6.45) is -0.479. The fourth-order valence-corrected chi connectivity index (χ4v) is 2.29. The number of benzene rings is 1. The maximum atomic E-state index is 10.5. The molecule has 1 aromatic carbocycles. The van der Waals surface area contributed by atoms with Crippen molar-refractivity contribution in [1.82, 2.24) is 0 Å². The molecule has 0 saturated carbocycles. The molecule has 1 aromatic rings. The van der Waals surface area contributed by atoms with Crippen LogP contribution in [0.5, 0.6) is 0 Å². The van der Waals surface area contributed by atoms with Crippen LogP contribution in [0.4, 0.5) is 0 Å². The second-order valence-electron chi connectivity index (χ2n) is 5.35. The van der Waals surface area contributed by atoms with Crippen molar-refractivity contribution in [2.24, 2.45) is 5.41 Å². The second kappa shape index (κ2) is 7.52. The molecule has 112 valence electrons. The van der Waals surface area contributed by atoms with E-state index in [-0.39, 0.29) is 49.4 Å². The average Bonchev–Trinajstić information content (AvgIpc) is 2.38. The molecule has 0 atom stereocenters. The van der Waals surface area contributed by atoms with Crippen LogP contribution >= 0.6 is 0 Å². The first-order chi connectivity index (χ1) is 9.27. The fourth-order valence-electron chi connectivity index (χ4n) is 1.86. The molecule has 8 heteroatoms. The van der Waals surface area contributed by atoms with Gasteiger partial charge in [-0.15, -0.1) is 0 Å². The Morgan fingerprint density at radius 1 is 1.29 bits per heavy atom. The summed E-state index contributed by atoms with van der Waals surface area (Å²) >= 11 is 0. The molecule has 0 unspecified atom stereocenters. The van der Waals surface area contributed by atoms with Gasteiger partial charge in [0.1, 0.15) is 0 Å². The molecule has 0 radical (unpaired) electrons. The van der Waals surface area contributed by atoms with Crippen LogP contribution in [0.2, 0.25) is 0 Å². The van der Waals surface area contributed by atoms with E-state index in [1.165, 1.54) is 0 Å². The molecule has 0 bridgehead atoms. The van der Waals surface area contributed by atoms with E-state index in [9.17, 15) is 13.0 Å². The van der Waals surface area contributed by atoms with Gasteiger partial charge in [-0.1, -0.05) is 36.8 Å². The molecular weight excluding hydrogens is 307 g/mol. The Balaban J connectivity index is 0.00000220. The molecule has 1 aliphatic rings. The fraction of sp³-hybridized carbons (Fsp3) is 0.538. The van der Waals surface area contributed by atoms with Gasteiger partial charge in [0.15, 0.2) is 6.29 Å². The van der Waals surface area contributed by atoms with E-state index in [2.05, 4.69) is 4.18 Å². The summed E-state index contributed by atoms with van der Waals surface area (Å²) in [5, 5.41) is 0. The first-order valence-electron chi connectivity index (χ1n) is 6.17. The van der Waals surface area contributed by atoms with Crippen molar-refractivity contribution in [3.8, 4) is 0 Å². The Hall–Kier alpha value is 0.01000. The van der Waals surface area contributed by atoms with Gasteiger partial charge in [-0.2, -0.15) is 0 Å². The Kier molecular flexibility index (Phi) is 6.82. The van der Waals surface area contributed by atoms with Crippen LogP contribution in [-0.2, 0) is 24.1 Å². The molecule has 21 heavy (non-hydrogen) atoms. The molecular formula is C13H17NaO6S. The van der Waals surface area contributed by atoms with Gasteiger partial charge in [-0.05, 0) is 6.92 Å². The molecule has 0 aliphatic carbocycles. The van der Waals surface area contributed by atoms with E-state index < -0.39 is 22.1 Å². The van der Waals surface area contributed by atoms with E-state index >= 15 is 0 Å². The maximum Gasteiger partial charge on any atom is 1.00 e. The number of aryl methyl sites for hydroxylation is 1. The minimum Gasteiger partial charge on any atom is -0.726 e. The summed E-state index contributed by atoms with van der Waals surface area (Å²) < 4.78 is 46.9. The molecule has 1 heterocycles. The van der Waals surface area contributed by atoms with Crippen molar-refractivity contribution >= 4 is 10.4 Å². The molecule has 2 rings (SSSR count). The first-order valence-corrected chi connectivity index (χ1v) is 7.51. The second-order valence-corrected chi connectivity index (χ2v) is 6.40. The van der Waals surface area contributed by atoms with Crippen molar-refractivity contribution in [2.45, 2.75) is 20.1 Å². The van der Waals surface area contributed by atoms with Gasteiger partial charge in [-0.3, -0.25) is 4.18 Å². The summed E-state index contributed by atoms with van der Waals surface area (Å²) in [7, 11) is -4.69. The van der Waals surface area contributed by atoms with E-state index in [1.54, 1.807) is 6.92 Å². The number of hydrogen-bond donors (Lipinski definition) is 0. The van der Waals surface area contributed by atoms with Crippen LogP contribution in [0.15, 0.2) is 24.3 Å². The summed E-state index contributed by atoms with van der Waals surface area (Å²) in [5.74, 6) is 0. The molecule has 1 aliphatic heterocycles. The predicted molar refractivity (Wildman–Crippen MR) is 69.6 cm³/mol. The quantitative estimate of drug-likeness (QED) is 0.382. The zero-order chi connectivity index (χ0) is 14.8. The van der Waals surface area contributed by atoms with E-state index in [0.29, 0.717) is 0 Å². The Morgan fingerprint density at radius 2 is 1.81 bits per heavy atom. The summed E-state index contributed by atoms with van der Waals surface area (Å²) in [5.41, 5.74) is 1.39. The summed E-state index contributed by atoms with van der Waals surface area (Å²) in [6.45, 7) is 3.98. The van der Waals surface area contributed by atoms with Gasteiger partial charge in [-0.25, -0.2) is 8.42 Å². The van der Waals surface area contributed by atoms with Crippen LogP contribution in [0, 0.1) is 12.3 Å². The maximum absolute atomic E-state index is 10.5. The predicted octanol–water partition coefficient (Wildman–Crippen LogP) is -1.47. The SMILES string of the molecule is Cc1ccc(C2OCC(C)(COS(=O)(=O)[O-])CO2)cc1.[Na+]. The van der Waals surface area contributed by atoms with Crippen molar-refractivity contribution in [1.29, 1.82) is 0 Å². The van der Waals surface area contributed by atoms with Gasteiger partial charge >= 0.3 is 29.6 Å². The van der Waals surface area contributed by atoms with Crippen LogP contribution in [0.3, 0.4) is 0 Å². The van der Waals surface area contributed by atoms with Gasteiger partial charge in [0.05, 0.1) is 19.8 Å². The van der Waals surface area contributed by atoms with Crippen molar-refractivity contribution in [3.63, 3.8) is 0 Å². The van der Waals surface area contributed by atoms with Crippen LogP contribution in [0.1, 0.15) is 24.3 Å². The smallest absolute Gasteiger partial charge is 0.726 e. The average molecular weight is 324 g/mol. The molecule has 0 N–H and O–H groups in total. The Labute approximate surface area is 147 Å². The first kappa shape index (κ1) is 19.1. The zero-order valence-corrected chi connectivity index (χ0v) is 15.2. The molecule has 1 saturated heterocycles. The van der Waals surface area contributed by atoms with E-state index in [0.717, 1.165) is 11.1 Å². The topological polar surface area (TPSA) is 84.9 Å². The third kappa shape index (κ3) is 5.96. The van der Waals surface area contributed by atoms with Crippen molar-refractivity contribution in [2.75, 3.05) is 19.8 Å². The molecule has 1 fully saturated rings. The zero-order valence-electron chi connectivity index (χ0n) is 12.4. The minimum absolute atomic E-state index is 0. The molecule has 0 aromatic heterocycles. The number of hydrogen-bond acceptors (Lipinski definition) is 6. The van der Waals surface area contributed by atoms with E-state index in [4.69, 9.17) is 9.47 Å². The number of rotatable bonds is 4. The van der Waals surface area contributed by atoms with Gasteiger partial charge in [0.25, 0.3) is 0 Å². The normalized spacial score (nSPS) is 26.1. The summed E-state index contributed by atoms with van der Waals surface area (Å²) in [4.78, 5) is 0. The van der Waals surface area contributed by atoms with E-state index in [1.807, 2.05) is 31.2 Å².